The van der Waals surface area contributed by atoms with Crippen LogP contribution < -0.4 is 5.32 Å². The van der Waals surface area contributed by atoms with Crippen molar-refractivity contribution in [3.63, 3.8) is 0 Å². The van der Waals surface area contributed by atoms with E-state index in [9.17, 15) is 19.7 Å². The second-order valence-corrected chi connectivity index (χ2v) is 9.22. The molecule has 0 saturated carbocycles. The maximum absolute atomic E-state index is 13.2. The smallest absolute Gasteiger partial charge is 0.269 e. The van der Waals surface area contributed by atoms with Crippen LogP contribution in [0.25, 0.3) is 0 Å². The van der Waals surface area contributed by atoms with E-state index >= 15 is 0 Å². The van der Waals surface area contributed by atoms with E-state index in [0.717, 1.165) is 12.0 Å². The number of nitrogens with zero attached hydrogens (tertiary/aromatic N) is 2. The second-order valence-electron chi connectivity index (χ2n) is 7.39. The zero-order valence-electron chi connectivity index (χ0n) is 18.6. The number of non-ortho nitro benzene ring substituents is 1. The van der Waals surface area contributed by atoms with Crippen LogP contribution in [0.15, 0.2) is 42.5 Å². The van der Waals surface area contributed by atoms with Gasteiger partial charge in [0.1, 0.15) is 6.04 Å². The maximum Gasteiger partial charge on any atom is 0.269 e. The summed E-state index contributed by atoms with van der Waals surface area (Å²) in [5.74, 6) is 0.280. The molecule has 2 amide bonds. The van der Waals surface area contributed by atoms with Crippen LogP contribution in [-0.4, -0.2) is 40.0 Å². The molecular formula is C23H27Cl2N3O4S. The van der Waals surface area contributed by atoms with Crippen molar-refractivity contribution in [2.24, 2.45) is 0 Å². The Labute approximate surface area is 208 Å². The number of benzene rings is 2. The van der Waals surface area contributed by atoms with E-state index in [2.05, 4.69) is 5.32 Å². The molecule has 1 N–H and O–H groups in total. The fourth-order valence-electron chi connectivity index (χ4n) is 3.17. The van der Waals surface area contributed by atoms with E-state index in [4.69, 9.17) is 23.2 Å². The largest absolute Gasteiger partial charge is 0.354 e. The summed E-state index contributed by atoms with van der Waals surface area (Å²) in [5, 5.41) is 14.6. The van der Waals surface area contributed by atoms with Gasteiger partial charge in [-0.3, -0.25) is 19.7 Å². The highest BCUT2D eigenvalue weighted by molar-refractivity contribution is 7.99. The first-order chi connectivity index (χ1) is 15.8. The van der Waals surface area contributed by atoms with Gasteiger partial charge in [-0.05, 0) is 36.1 Å². The van der Waals surface area contributed by atoms with Gasteiger partial charge in [-0.25, -0.2) is 0 Å². The number of hydrogen-bond acceptors (Lipinski definition) is 5. The van der Waals surface area contributed by atoms with Gasteiger partial charge < -0.3 is 10.2 Å². The van der Waals surface area contributed by atoms with Crippen LogP contribution >= 0.6 is 35.0 Å². The van der Waals surface area contributed by atoms with E-state index in [-0.39, 0.29) is 29.8 Å². The minimum atomic E-state index is -0.629. The number of carbonyl (C=O) groups is 2. The number of nitrogens with one attached hydrogen (secondary N) is 1. The van der Waals surface area contributed by atoms with Crippen molar-refractivity contribution >= 4 is 52.5 Å². The first kappa shape index (κ1) is 27.0. The zero-order chi connectivity index (χ0) is 24.4. The highest BCUT2D eigenvalue weighted by Gasteiger charge is 2.28. The molecule has 0 aliphatic carbocycles. The number of nitro benzene ring substituents is 1. The average Bonchev–Trinajstić information content (AvgIpc) is 2.79. The van der Waals surface area contributed by atoms with E-state index in [1.807, 2.05) is 13.8 Å². The summed E-state index contributed by atoms with van der Waals surface area (Å²) < 4.78 is 0. The summed E-state index contributed by atoms with van der Waals surface area (Å²) in [5.41, 5.74) is 1.60. The summed E-state index contributed by atoms with van der Waals surface area (Å²) >= 11 is 13.7. The van der Waals surface area contributed by atoms with Crippen LogP contribution in [0.4, 0.5) is 5.69 Å². The Kier molecular flexibility index (Phi) is 11.0. The second kappa shape index (κ2) is 13.4. The first-order valence-electron chi connectivity index (χ1n) is 10.6. The van der Waals surface area contributed by atoms with E-state index < -0.39 is 11.0 Å². The summed E-state index contributed by atoms with van der Waals surface area (Å²) in [7, 11) is 0. The van der Waals surface area contributed by atoms with Crippen molar-refractivity contribution < 1.29 is 14.5 Å². The molecule has 0 unspecified atom stereocenters. The highest BCUT2D eigenvalue weighted by Crippen LogP contribution is 2.25. The summed E-state index contributed by atoms with van der Waals surface area (Å²) in [6.07, 6.45) is 1.25. The molecule has 0 aromatic heterocycles. The normalized spacial score (nSPS) is 11.6. The molecule has 0 bridgehead atoms. The SMILES string of the molecule is CCCNC(=O)[C@@H](CC)N(Cc1ccc(Cl)cc1Cl)C(=O)CSCc1ccc([N+](=O)[O-])cc1. The van der Waals surface area contributed by atoms with Crippen LogP contribution in [0.2, 0.25) is 10.0 Å². The molecule has 0 radical (unpaired) electrons. The fourth-order valence-corrected chi connectivity index (χ4v) is 4.51. The molecule has 0 saturated heterocycles. The lowest BCUT2D eigenvalue weighted by Gasteiger charge is -2.31. The number of thioether (sulfide) groups is 1. The first-order valence-corrected chi connectivity index (χ1v) is 12.5. The van der Waals surface area contributed by atoms with Crippen molar-refractivity contribution in [3.8, 4) is 0 Å². The average molecular weight is 512 g/mol. The molecule has 0 heterocycles. The Hall–Kier alpha value is -2.29. The predicted molar refractivity (Wildman–Crippen MR) is 134 cm³/mol. The van der Waals surface area contributed by atoms with Crippen molar-refractivity contribution in [2.75, 3.05) is 12.3 Å². The molecule has 2 aromatic rings. The molecule has 33 heavy (non-hydrogen) atoms. The lowest BCUT2D eigenvalue weighted by atomic mass is 10.1. The molecular weight excluding hydrogens is 485 g/mol. The van der Waals surface area contributed by atoms with Gasteiger partial charge in [0.05, 0.1) is 10.7 Å². The summed E-state index contributed by atoms with van der Waals surface area (Å²) in [4.78, 5) is 37.9. The number of hydrogen-bond donors (Lipinski definition) is 1. The van der Waals surface area contributed by atoms with Gasteiger partial charge in [0.15, 0.2) is 0 Å². The van der Waals surface area contributed by atoms with Crippen LogP contribution in [0, 0.1) is 10.1 Å². The molecule has 2 rings (SSSR count). The Morgan fingerprint density at radius 1 is 1.15 bits per heavy atom. The minimum Gasteiger partial charge on any atom is -0.354 e. The predicted octanol–water partition coefficient (Wildman–Crippen LogP) is 5.47. The summed E-state index contributed by atoms with van der Waals surface area (Å²) in [6.45, 7) is 4.55. The van der Waals surface area contributed by atoms with Crippen LogP contribution in [0.1, 0.15) is 37.8 Å². The Morgan fingerprint density at radius 2 is 1.85 bits per heavy atom. The van der Waals surface area contributed by atoms with E-state index in [1.54, 1.807) is 35.2 Å². The number of amides is 2. The van der Waals surface area contributed by atoms with Crippen molar-refractivity contribution in [3.05, 3.63) is 73.8 Å². The van der Waals surface area contributed by atoms with Gasteiger partial charge in [-0.2, -0.15) is 0 Å². The molecule has 7 nitrogen and oxygen atoms in total. The van der Waals surface area contributed by atoms with Gasteiger partial charge in [0.2, 0.25) is 11.8 Å². The van der Waals surface area contributed by atoms with Gasteiger partial charge in [0.25, 0.3) is 5.69 Å². The Morgan fingerprint density at radius 3 is 2.42 bits per heavy atom. The molecule has 178 valence electrons. The fraction of sp³-hybridized carbons (Fsp3) is 0.391. The quantitative estimate of drug-likeness (QED) is 0.301. The number of halogens is 2. The van der Waals surface area contributed by atoms with Gasteiger partial charge in [-0.1, -0.05) is 55.2 Å². The van der Waals surface area contributed by atoms with Crippen molar-refractivity contribution in [2.45, 2.75) is 45.0 Å². The monoisotopic (exact) mass is 511 g/mol. The van der Waals surface area contributed by atoms with Gasteiger partial charge in [-0.15, -0.1) is 11.8 Å². The molecule has 2 aromatic carbocycles. The van der Waals surface area contributed by atoms with E-state index in [0.29, 0.717) is 34.3 Å². The minimum absolute atomic E-state index is 0.0229. The van der Waals surface area contributed by atoms with Crippen LogP contribution in [-0.2, 0) is 21.9 Å². The lowest BCUT2D eigenvalue weighted by molar-refractivity contribution is -0.384. The van der Waals surface area contributed by atoms with Gasteiger partial charge >= 0.3 is 0 Å². The van der Waals surface area contributed by atoms with E-state index in [1.165, 1.54) is 23.9 Å². The molecule has 0 aliphatic rings. The van der Waals surface area contributed by atoms with Crippen LogP contribution in [0.5, 0.6) is 0 Å². The van der Waals surface area contributed by atoms with Crippen molar-refractivity contribution in [1.82, 2.24) is 10.2 Å². The summed E-state index contributed by atoms with van der Waals surface area (Å²) in [6, 6.07) is 10.7. The zero-order valence-corrected chi connectivity index (χ0v) is 20.9. The van der Waals surface area contributed by atoms with Gasteiger partial charge in [0, 0.05) is 41.0 Å². The highest BCUT2D eigenvalue weighted by atomic mass is 35.5. The Bertz CT molecular complexity index is 973. The molecule has 0 fully saturated rings. The Balaban J connectivity index is 2.13. The van der Waals surface area contributed by atoms with Crippen molar-refractivity contribution in [1.29, 1.82) is 0 Å². The number of rotatable bonds is 12. The lowest BCUT2D eigenvalue weighted by Crippen LogP contribution is -2.49. The molecule has 10 heteroatoms. The van der Waals surface area contributed by atoms with Crippen LogP contribution in [0.3, 0.4) is 0 Å². The molecule has 0 spiro atoms. The third-order valence-corrected chi connectivity index (χ3v) is 6.51. The third-order valence-electron chi connectivity index (χ3n) is 4.93. The standard InChI is InChI=1S/C23H27Cl2N3O4S/c1-3-11-26-23(30)21(4-2)27(13-17-7-8-18(24)12-20(17)25)22(29)15-33-14-16-5-9-19(10-6-16)28(31)32/h5-10,12,21H,3-4,11,13-15H2,1-2H3,(H,26,30)/t21-/m1/s1. The topological polar surface area (TPSA) is 92.6 Å². The number of nitro groups is 1. The molecule has 1 atom stereocenters. The molecule has 0 aliphatic heterocycles. The maximum atomic E-state index is 13.2. The number of carbonyl (C=O) groups excluding carboxylic acids is 2. The third kappa shape index (κ3) is 8.21.